The first kappa shape index (κ1) is 17.5. The van der Waals surface area contributed by atoms with Gasteiger partial charge >= 0.3 is 5.69 Å². The number of hydrogen-bond acceptors (Lipinski definition) is 7. The highest BCUT2D eigenvalue weighted by molar-refractivity contribution is 5.73. The van der Waals surface area contributed by atoms with Crippen LogP contribution in [-0.2, 0) is 0 Å². The third kappa shape index (κ3) is 4.32. The Bertz CT molecular complexity index is 763. The number of aromatic nitrogens is 2. The molecule has 0 aliphatic heterocycles. The highest BCUT2D eigenvalue weighted by Gasteiger charge is 2.24. The van der Waals surface area contributed by atoms with E-state index in [2.05, 4.69) is 26.1 Å². The van der Waals surface area contributed by atoms with E-state index >= 15 is 0 Å². The molecule has 0 amide bonds. The van der Waals surface area contributed by atoms with Gasteiger partial charge in [0.1, 0.15) is 18.0 Å². The Morgan fingerprint density at radius 3 is 2.46 bits per heavy atom. The van der Waals surface area contributed by atoms with Crippen LogP contribution in [0.4, 0.5) is 31.8 Å². The number of halogens is 2. The van der Waals surface area contributed by atoms with Crippen LogP contribution in [0.1, 0.15) is 20.8 Å². The normalized spacial score (nSPS) is 11.2. The molecule has 0 spiro atoms. The van der Waals surface area contributed by atoms with Crippen LogP contribution in [0.5, 0.6) is 0 Å². The first-order chi connectivity index (χ1) is 11.2. The summed E-state index contributed by atoms with van der Waals surface area (Å²) >= 11 is 0. The van der Waals surface area contributed by atoms with Crippen molar-refractivity contribution in [1.29, 1.82) is 0 Å². The van der Waals surface area contributed by atoms with Crippen molar-refractivity contribution in [2.75, 3.05) is 10.7 Å². The molecule has 0 unspecified atom stereocenters. The minimum atomic E-state index is -0.772. The van der Waals surface area contributed by atoms with E-state index in [4.69, 9.17) is 0 Å². The first-order valence-corrected chi connectivity index (χ1v) is 6.92. The molecular weight excluding hydrogens is 322 g/mol. The fraction of sp³-hybridized carbons (Fsp3) is 0.286. The van der Waals surface area contributed by atoms with E-state index in [1.165, 1.54) is 0 Å². The standard InChI is InChI=1S/C14H16F2N6O2/c1-14(2,3)21-20-13-11(22(23)24)12(17-7-18-13)19-10-6-8(15)4-5-9(10)16/h4-7,21H,1-3H3,(H2,17,18,19,20). The van der Waals surface area contributed by atoms with Crippen LogP contribution in [0.25, 0.3) is 0 Å². The summed E-state index contributed by atoms with van der Waals surface area (Å²) in [4.78, 5) is 18.2. The van der Waals surface area contributed by atoms with Gasteiger partial charge in [0, 0.05) is 11.6 Å². The number of rotatable bonds is 5. The zero-order valence-corrected chi connectivity index (χ0v) is 13.2. The molecule has 0 aliphatic rings. The van der Waals surface area contributed by atoms with Crippen molar-refractivity contribution >= 4 is 23.0 Å². The van der Waals surface area contributed by atoms with E-state index in [1.54, 1.807) is 0 Å². The zero-order valence-electron chi connectivity index (χ0n) is 13.2. The molecule has 0 atom stereocenters. The van der Waals surface area contributed by atoms with Gasteiger partial charge in [-0.15, -0.1) is 0 Å². The topological polar surface area (TPSA) is 105 Å². The van der Waals surface area contributed by atoms with E-state index in [1.807, 2.05) is 20.8 Å². The van der Waals surface area contributed by atoms with Gasteiger partial charge < -0.3 is 5.32 Å². The van der Waals surface area contributed by atoms with E-state index in [9.17, 15) is 18.9 Å². The predicted octanol–water partition coefficient (Wildman–Crippen LogP) is 3.12. The molecule has 8 nitrogen and oxygen atoms in total. The lowest BCUT2D eigenvalue weighted by Crippen LogP contribution is -2.40. The van der Waals surface area contributed by atoms with Gasteiger partial charge in [0.25, 0.3) is 0 Å². The number of hydrazine groups is 1. The monoisotopic (exact) mass is 338 g/mol. The van der Waals surface area contributed by atoms with Crippen LogP contribution >= 0.6 is 0 Å². The van der Waals surface area contributed by atoms with Crippen molar-refractivity contribution in [2.45, 2.75) is 26.3 Å². The molecule has 3 N–H and O–H groups in total. The molecule has 10 heteroatoms. The summed E-state index contributed by atoms with van der Waals surface area (Å²) in [5, 5.41) is 13.8. The average molecular weight is 338 g/mol. The maximum absolute atomic E-state index is 13.7. The molecule has 1 aromatic carbocycles. The molecule has 0 saturated carbocycles. The second kappa shape index (κ2) is 6.71. The maximum Gasteiger partial charge on any atom is 0.354 e. The Morgan fingerprint density at radius 2 is 1.83 bits per heavy atom. The van der Waals surface area contributed by atoms with Crippen molar-refractivity contribution < 1.29 is 13.7 Å². The van der Waals surface area contributed by atoms with Gasteiger partial charge in [-0.1, -0.05) is 0 Å². The Labute approximate surface area is 136 Å². The minimum absolute atomic E-state index is 0.107. The Hall–Kier alpha value is -2.88. The Kier molecular flexibility index (Phi) is 4.88. The summed E-state index contributed by atoms with van der Waals surface area (Å²) in [7, 11) is 0. The van der Waals surface area contributed by atoms with Crippen molar-refractivity contribution in [3.8, 4) is 0 Å². The van der Waals surface area contributed by atoms with Crippen molar-refractivity contribution in [3.05, 3.63) is 46.3 Å². The van der Waals surface area contributed by atoms with Gasteiger partial charge in [0.2, 0.25) is 11.6 Å². The molecule has 128 valence electrons. The smallest absolute Gasteiger partial charge is 0.332 e. The summed E-state index contributed by atoms with van der Waals surface area (Å²) in [6.07, 6.45) is 1.07. The summed E-state index contributed by atoms with van der Waals surface area (Å²) in [5.74, 6) is -1.84. The van der Waals surface area contributed by atoms with Gasteiger partial charge in [-0.2, -0.15) is 0 Å². The van der Waals surface area contributed by atoms with Crippen LogP contribution in [-0.4, -0.2) is 20.4 Å². The number of nitrogens with one attached hydrogen (secondary N) is 3. The van der Waals surface area contributed by atoms with Gasteiger partial charge in [0.05, 0.1) is 10.6 Å². The molecule has 0 aliphatic carbocycles. The molecule has 0 bridgehead atoms. The van der Waals surface area contributed by atoms with Crippen molar-refractivity contribution in [3.63, 3.8) is 0 Å². The largest absolute Gasteiger partial charge is 0.354 e. The van der Waals surface area contributed by atoms with Gasteiger partial charge in [-0.25, -0.2) is 24.2 Å². The van der Waals surface area contributed by atoms with Crippen LogP contribution in [0.2, 0.25) is 0 Å². The van der Waals surface area contributed by atoms with E-state index in [0.29, 0.717) is 0 Å². The summed E-state index contributed by atoms with van der Waals surface area (Å²) in [6, 6.07) is 2.72. The molecule has 1 aromatic heterocycles. The quantitative estimate of drug-likeness (QED) is 0.568. The number of hydrogen-bond donors (Lipinski definition) is 3. The molecule has 0 saturated heterocycles. The number of anilines is 3. The second-order valence-electron chi connectivity index (χ2n) is 5.93. The molecule has 24 heavy (non-hydrogen) atoms. The van der Waals surface area contributed by atoms with Gasteiger partial charge in [0.15, 0.2) is 0 Å². The molecule has 2 aromatic rings. The van der Waals surface area contributed by atoms with Crippen LogP contribution in [0, 0.1) is 21.7 Å². The SMILES string of the molecule is CC(C)(C)NNc1ncnc(Nc2cc(F)ccc2F)c1[N+](=O)[O-]. The summed E-state index contributed by atoms with van der Waals surface area (Å²) in [5.41, 5.74) is 4.31. The summed E-state index contributed by atoms with van der Waals surface area (Å²) < 4.78 is 27.0. The molecular formula is C14H16F2N6O2. The predicted molar refractivity (Wildman–Crippen MR) is 84.8 cm³/mol. The van der Waals surface area contributed by atoms with Crippen LogP contribution < -0.4 is 16.2 Å². The zero-order chi connectivity index (χ0) is 17.9. The number of nitro groups is 1. The van der Waals surface area contributed by atoms with E-state index < -0.39 is 22.2 Å². The lowest BCUT2D eigenvalue weighted by molar-refractivity contribution is -0.383. The lowest BCUT2D eigenvalue weighted by Gasteiger charge is -2.21. The first-order valence-electron chi connectivity index (χ1n) is 6.92. The maximum atomic E-state index is 13.7. The molecule has 0 fully saturated rings. The molecule has 2 rings (SSSR count). The van der Waals surface area contributed by atoms with E-state index in [0.717, 1.165) is 24.5 Å². The Balaban J connectivity index is 2.39. The van der Waals surface area contributed by atoms with Gasteiger partial charge in [-0.3, -0.25) is 15.5 Å². The van der Waals surface area contributed by atoms with Crippen molar-refractivity contribution in [2.24, 2.45) is 0 Å². The van der Waals surface area contributed by atoms with Crippen molar-refractivity contribution in [1.82, 2.24) is 15.4 Å². The van der Waals surface area contributed by atoms with Crippen LogP contribution in [0.3, 0.4) is 0 Å². The highest BCUT2D eigenvalue weighted by Crippen LogP contribution is 2.31. The highest BCUT2D eigenvalue weighted by atomic mass is 19.1. The lowest BCUT2D eigenvalue weighted by atomic mass is 10.1. The van der Waals surface area contributed by atoms with Crippen LogP contribution in [0.15, 0.2) is 24.5 Å². The minimum Gasteiger partial charge on any atom is -0.332 e. The average Bonchev–Trinajstić information content (AvgIpc) is 2.48. The van der Waals surface area contributed by atoms with E-state index in [-0.39, 0.29) is 22.9 Å². The molecule has 0 radical (unpaired) electrons. The third-order valence-corrected chi connectivity index (χ3v) is 2.74. The summed E-state index contributed by atoms with van der Waals surface area (Å²) in [6.45, 7) is 5.52. The number of nitrogens with zero attached hydrogens (tertiary/aromatic N) is 3. The second-order valence-corrected chi connectivity index (χ2v) is 5.93. The fourth-order valence-electron chi connectivity index (χ4n) is 1.70. The molecule has 1 heterocycles. The van der Waals surface area contributed by atoms with Gasteiger partial charge in [-0.05, 0) is 32.9 Å². The third-order valence-electron chi connectivity index (χ3n) is 2.74. The number of benzene rings is 1. The fourth-order valence-corrected chi connectivity index (χ4v) is 1.70. The Morgan fingerprint density at radius 1 is 1.17 bits per heavy atom.